The number of carbonyl (C=O) groups is 1. The number of nitrogens with one attached hydrogen (secondary N) is 1. The van der Waals surface area contributed by atoms with E-state index in [2.05, 4.69) is 10.4 Å². The van der Waals surface area contributed by atoms with Gasteiger partial charge < -0.3 is 10.1 Å². The van der Waals surface area contributed by atoms with E-state index in [-0.39, 0.29) is 18.1 Å². The third-order valence-electron chi connectivity index (χ3n) is 2.72. The van der Waals surface area contributed by atoms with Crippen molar-refractivity contribution in [3.8, 4) is 10.6 Å². The number of amides is 1. The summed E-state index contributed by atoms with van der Waals surface area (Å²) in [5.41, 5.74) is 0.569. The van der Waals surface area contributed by atoms with Gasteiger partial charge in [-0.3, -0.25) is 9.59 Å². The highest BCUT2D eigenvalue weighted by Gasteiger charge is 2.05. The topological polar surface area (TPSA) is 73.2 Å². The predicted octanol–water partition coefficient (Wildman–Crippen LogP) is 1.12. The smallest absolute Gasteiger partial charge is 0.266 e. The SMILES string of the molecule is CCOCC(=O)NCCn1nc(-c2cccs2)ccc1=O. The average Bonchev–Trinajstić information content (AvgIpc) is 3.01. The average molecular weight is 307 g/mol. The molecule has 0 aliphatic heterocycles. The van der Waals surface area contributed by atoms with Crippen LogP contribution in [0, 0.1) is 0 Å². The Labute approximate surface area is 126 Å². The predicted molar refractivity (Wildman–Crippen MR) is 81.3 cm³/mol. The Morgan fingerprint density at radius 2 is 2.29 bits per heavy atom. The first-order chi connectivity index (χ1) is 10.2. The molecule has 2 heterocycles. The summed E-state index contributed by atoms with van der Waals surface area (Å²) in [5.74, 6) is -0.195. The van der Waals surface area contributed by atoms with Gasteiger partial charge >= 0.3 is 0 Å². The summed E-state index contributed by atoms with van der Waals surface area (Å²) in [5, 5.41) is 8.95. The number of nitrogens with zero attached hydrogens (tertiary/aromatic N) is 2. The second-order valence-corrected chi connectivity index (χ2v) is 5.19. The zero-order chi connectivity index (χ0) is 15.1. The highest BCUT2D eigenvalue weighted by Crippen LogP contribution is 2.20. The second-order valence-electron chi connectivity index (χ2n) is 4.24. The molecule has 0 aliphatic rings. The lowest BCUT2D eigenvalue weighted by Crippen LogP contribution is -2.33. The van der Waals surface area contributed by atoms with Gasteiger partial charge in [-0.25, -0.2) is 4.68 Å². The van der Waals surface area contributed by atoms with Crippen molar-refractivity contribution in [1.82, 2.24) is 15.1 Å². The van der Waals surface area contributed by atoms with Crippen LogP contribution in [0.2, 0.25) is 0 Å². The van der Waals surface area contributed by atoms with E-state index in [1.165, 1.54) is 10.7 Å². The molecule has 21 heavy (non-hydrogen) atoms. The fourth-order valence-corrected chi connectivity index (χ4v) is 2.40. The third kappa shape index (κ3) is 4.51. The highest BCUT2D eigenvalue weighted by atomic mass is 32.1. The van der Waals surface area contributed by atoms with Gasteiger partial charge in [0.25, 0.3) is 5.56 Å². The van der Waals surface area contributed by atoms with Crippen LogP contribution in [0.25, 0.3) is 10.6 Å². The van der Waals surface area contributed by atoms with Gasteiger partial charge in [-0.05, 0) is 24.4 Å². The van der Waals surface area contributed by atoms with Crippen LogP contribution in [0.15, 0.2) is 34.4 Å². The second kappa shape index (κ2) is 7.70. The summed E-state index contributed by atoms with van der Waals surface area (Å²) in [4.78, 5) is 24.1. The van der Waals surface area contributed by atoms with E-state index in [1.807, 2.05) is 24.4 Å². The van der Waals surface area contributed by atoms with Crippen molar-refractivity contribution in [2.45, 2.75) is 13.5 Å². The van der Waals surface area contributed by atoms with Crippen molar-refractivity contribution in [2.75, 3.05) is 19.8 Å². The van der Waals surface area contributed by atoms with E-state index < -0.39 is 0 Å². The van der Waals surface area contributed by atoms with Gasteiger partial charge in [0.15, 0.2) is 0 Å². The van der Waals surface area contributed by atoms with Crippen LogP contribution in [-0.4, -0.2) is 35.4 Å². The van der Waals surface area contributed by atoms with E-state index in [0.29, 0.717) is 19.7 Å². The highest BCUT2D eigenvalue weighted by molar-refractivity contribution is 7.13. The van der Waals surface area contributed by atoms with Gasteiger partial charge in [0.2, 0.25) is 5.91 Å². The van der Waals surface area contributed by atoms with Gasteiger partial charge in [-0.15, -0.1) is 11.3 Å². The molecule has 6 nitrogen and oxygen atoms in total. The van der Waals surface area contributed by atoms with E-state index in [4.69, 9.17) is 4.74 Å². The molecule has 0 aromatic carbocycles. The Balaban J connectivity index is 1.95. The number of rotatable bonds is 7. The minimum atomic E-state index is -0.195. The Morgan fingerprint density at radius 3 is 3.00 bits per heavy atom. The summed E-state index contributed by atoms with van der Waals surface area (Å²) < 4.78 is 6.35. The first-order valence-corrected chi connectivity index (χ1v) is 7.55. The van der Waals surface area contributed by atoms with Gasteiger partial charge in [-0.1, -0.05) is 6.07 Å². The molecule has 0 saturated carbocycles. The minimum Gasteiger partial charge on any atom is -0.372 e. The van der Waals surface area contributed by atoms with Gasteiger partial charge in [0.05, 0.1) is 11.4 Å². The molecule has 0 unspecified atom stereocenters. The Hall–Kier alpha value is -1.99. The molecule has 7 heteroatoms. The zero-order valence-electron chi connectivity index (χ0n) is 11.7. The largest absolute Gasteiger partial charge is 0.372 e. The molecule has 0 fully saturated rings. The summed E-state index contributed by atoms with van der Waals surface area (Å²) in [6.07, 6.45) is 0. The van der Waals surface area contributed by atoms with Crippen LogP contribution in [0.3, 0.4) is 0 Å². The minimum absolute atomic E-state index is 0.0358. The molecule has 2 aromatic rings. The van der Waals surface area contributed by atoms with Crippen molar-refractivity contribution in [3.05, 3.63) is 40.0 Å². The molecule has 0 spiro atoms. The number of ether oxygens (including phenoxy) is 1. The molecule has 1 amide bonds. The molecule has 2 aromatic heterocycles. The normalized spacial score (nSPS) is 10.5. The lowest BCUT2D eigenvalue weighted by Gasteiger charge is -2.07. The number of carbonyl (C=O) groups excluding carboxylic acids is 1. The van der Waals surface area contributed by atoms with Crippen LogP contribution < -0.4 is 10.9 Å². The number of hydrogen-bond donors (Lipinski definition) is 1. The van der Waals surface area contributed by atoms with E-state index >= 15 is 0 Å². The standard InChI is InChI=1S/C14H17N3O3S/c1-2-20-10-13(18)15-7-8-17-14(19)6-5-11(16-17)12-4-3-9-21-12/h3-6,9H,2,7-8,10H2,1H3,(H,15,18). The van der Waals surface area contributed by atoms with Crippen LogP contribution in [0.1, 0.15) is 6.92 Å². The number of aromatic nitrogens is 2. The Bertz CT molecular complexity index is 637. The van der Waals surface area contributed by atoms with Crippen LogP contribution >= 0.6 is 11.3 Å². The van der Waals surface area contributed by atoms with Crippen molar-refractivity contribution < 1.29 is 9.53 Å². The molecule has 1 N–H and O–H groups in total. The lowest BCUT2D eigenvalue weighted by atomic mass is 10.3. The molecule has 0 bridgehead atoms. The molecule has 0 saturated heterocycles. The van der Waals surface area contributed by atoms with Crippen molar-refractivity contribution in [2.24, 2.45) is 0 Å². The fourth-order valence-electron chi connectivity index (χ4n) is 1.71. The maximum atomic E-state index is 11.8. The van der Waals surface area contributed by atoms with E-state index in [0.717, 1.165) is 10.6 Å². The van der Waals surface area contributed by atoms with Crippen molar-refractivity contribution in [3.63, 3.8) is 0 Å². The van der Waals surface area contributed by atoms with Crippen molar-refractivity contribution in [1.29, 1.82) is 0 Å². The third-order valence-corrected chi connectivity index (χ3v) is 3.62. The Kier molecular flexibility index (Phi) is 5.65. The zero-order valence-corrected chi connectivity index (χ0v) is 12.6. The lowest BCUT2D eigenvalue weighted by molar-refractivity contribution is -0.125. The Morgan fingerprint density at radius 1 is 1.43 bits per heavy atom. The monoisotopic (exact) mass is 307 g/mol. The molecular weight excluding hydrogens is 290 g/mol. The molecule has 0 aliphatic carbocycles. The molecule has 0 radical (unpaired) electrons. The quantitative estimate of drug-likeness (QED) is 0.832. The van der Waals surface area contributed by atoms with E-state index in [1.54, 1.807) is 17.4 Å². The first kappa shape index (κ1) is 15.4. The molecular formula is C14H17N3O3S. The van der Waals surface area contributed by atoms with Gasteiger partial charge in [0, 0.05) is 19.2 Å². The van der Waals surface area contributed by atoms with Crippen molar-refractivity contribution >= 4 is 17.2 Å². The maximum absolute atomic E-state index is 11.8. The number of hydrogen-bond acceptors (Lipinski definition) is 5. The van der Waals surface area contributed by atoms with Gasteiger partial charge in [-0.2, -0.15) is 5.10 Å². The summed E-state index contributed by atoms with van der Waals surface area (Å²) in [7, 11) is 0. The summed E-state index contributed by atoms with van der Waals surface area (Å²) >= 11 is 1.56. The van der Waals surface area contributed by atoms with Crippen LogP contribution in [0.4, 0.5) is 0 Å². The van der Waals surface area contributed by atoms with Crippen LogP contribution in [0.5, 0.6) is 0 Å². The molecule has 112 valence electrons. The maximum Gasteiger partial charge on any atom is 0.266 e. The van der Waals surface area contributed by atoms with E-state index in [9.17, 15) is 9.59 Å². The summed E-state index contributed by atoms with van der Waals surface area (Å²) in [6.45, 7) is 3.03. The van der Waals surface area contributed by atoms with Gasteiger partial charge in [0.1, 0.15) is 12.3 Å². The fraction of sp³-hybridized carbons (Fsp3) is 0.357. The molecule has 2 rings (SSSR count). The number of thiophene rings is 1. The molecule has 0 atom stereocenters. The van der Waals surface area contributed by atoms with Crippen LogP contribution in [-0.2, 0) is 16.1 Å². The first-order valence-electron chi connectivity index (χ1n) is 6.67. The summed E-state index contributed by atoms with van der Waals surface area (Å²) in [6, 6.07) is 7.08.